The molecule has 10 nitrogen and oxygen atoms in total. The van der Waals surface area contributed by atoms with Crippen molar-refractivity contribution in [2.24, 2.45) is 0 Å². The van der Waals surface area contributed by atoms with E-state index in [-0.39, 0.29) is 34.3 Å². The molecule has 1 fully saturated rings. The van der Waals surface area contributed by atoms with Crippen molar-refractivity contribution in [3.05, 3.63) is 75.8 Å². The van der Waals surface area contributed by atoms with Gasteiger partial charge in [0, 0.05) is 29.6 Å². The van der Waals surface area contributed by atoms with Crippen molar-refractivity contribution in [1.29, 1.82) is 0 Å². The normalized spacial score (nSPS) is 16.0. The Morgan fingerprint density at radius 2 is 1.61 bits per heavy atom. The number of hydrogen-bond donors (Lipinski definition) is 2. The van der Waals surface area contributed by atoms with Gasteiger partial charge >= 0.3 is 5.97 Å². The summed E-state index contributed by atoms with van der Waals surface area (Å²) in [5, 5.41) is 12.8. The fourth-order valence-corrected chi connectivity index (χ4v) is 7.55. The highest BCUT2D eigenvalue weighted by Gasteiger charge is 2.40. The molecule has 13 heteroatoms. The molecule has 2 N–H and O–H groups in total. The maximum Gasteiger partial charge on any atom is 0.326 e. The first kappa shape index (κ1) is 33.5. The van der Waals surface area contributed by atoms with E-state index in [1.165, 1.54) is 18.2 Å². The number of nitrogens with one attached hydrogen (secondary N) is 1. The molecule has 1 aliphatic rings. The number of methoxy groups -OCH3 is 2. The van der Waals surface area contributed by atoms with Crippen molar-refractivity contribution in [1.82, 2.24) is 9.62 Å². The molecule has 0 saturated carbocycles. The number of nitrogens with zero attached hydrogens (tertiary/aromatic N) is 1. The molecule has 44 heavy (non-hydrogen) atoms. The fraction of sp³-hybridized carbons (Fsp3) is 0.355. The molecule has 3 aromatic carbocycles. The smallest absolute Gasteiger partial charge is 0.326 e. The van der Waals surface area contributed by atoms with Crippen LogP contribution in [-0.4, -0.2) is 69.2 Å². The molecule has 1 saturated heterocycles. The highest BCUT2D eigenvalue weighted by molar-refractivity contribution is 7.89. The van der Waals surface area contributed by atoms with Gasteiger partial charge < -0.3 is 24.6 Å². The number of hydrogen-bond acceptors (Lipinski definition) is 7. The second-order valence-corrected chi connectivity index (χ2v) is 13.0. The van der Waals surface area contributed by atoms with Gasteiger partial charge in [0.05, 0.1) is 31.3 Å². The molecule has 1 heterocycles. The van der Waals surface area contributed by atoms with E-state index in [0.717, 1.165) is 21.0 Å². The number of carboxylic acid groups (broad SMARTS) is 1. The van der Waals surface area contributed by atoms with Gasteiger partial charge in [-0.05, 0) is 66.8 Å². The molecule has 0 aliphatic carbocycles. The number of carbonyl (C=O) groups excluding carboxylic acids is 1. The predicted molar refractivity (Wildman–Crippen MR) is 167 cm³/mol. The lowest BCUT2D eigenvalue weighted by Gasteiger charge is -2.25. The first-order chi connectivity index (χ1) is 21.0. The second-order valence-electron chi connectivity index (χ2n) is 10.2. The zero-order chi connectivity index (χ0) is 32.0. The number of carboxylic acids is 1. The highest BCUT2D eigenvalue weighted by Crippen LogP contribution is 2.40. The Balaban J connectivity index is 1.51. The van der Waals surface area contributed by atoms with Crippen LogP contribution in [0.15, 0.2) is 59.5 Å². The maximum atomic E-state index is 13.4. The number of aliphatic carboxylic acids is 1. The average molecular weight is 666 g/mol. The van der Waals surface area contributed by atoms with Gasteiger partial charge in [-0.15, -0.1) is 0 Å². The molecular weight excluding hydrogens is 631 g/mol. The van der Waals surface area contributed by atoms with E-state index >= 15 is 0 Å². The van der Waals surface area contributed by atoms with Gasteiger partial charge in [-0.2, -0.15) is 4.31 Å². The molecule has 3 aromatic rings. The number of rotatable bonds is 13. The lowest BCUT2D eigenvalue weighted by Crippen LogP contribution is -2.51. The number of carbonyl (C=O) groups is 2. The second kappa shape index (κ2) is 14.6. The Morgan fingerprint density at radius 3 is 2.16 bits per heavy atom. The van der Waals surface area contributed by atoms with Crippen LogP contribution < -0.4 is 14.8 Å². The van der Waals surface area contributed by atoms with Crippen LogP contribution in [-0.2, 0) is 37.4 Å². The summed E-state index contributed by atoms with van der Waals surface area (Å²) >= 11 is 12.0. The third-order valence-electron chi connectivity index (χ3n) is 7.28. The zero-order valence-electron chi connectivity index (χ0n) is 24.5. The number of halogens is 2. The summed E-state index contributed by atoms with van der Waals surface area (Å²) in [7, 11) is -0.979. The van der Waals surface area contributed by atoms with E-state index < -0.39 is 34.0 Å². The van der Waals surface area contributed by atoms with Gasteiger partial charge in [-0.25, -0.2) is 13.2 Å². The number of ether oxygens (including phenoxy) is 3. The fourth-order valence-electron chi connectivity index (χ4n) is 5.17. The van der Waals surface area contributed by atoms with E-state index in [0.29, 0.717) is 36.7 Å². The quantitative estimate of drug-likeness (QED) is 0.256. The maximum absolute atomic E-state index is 13.4. The van der Waals surface area contributed by atoms with Gasteiger partial charge in [0.15, 0.2) is 0 Å². The summed E-state index contributed by atoms with van der Waals surface area (Å²) in [4.78, 5) is 25.3. The van der Waals surface area contributed by atoms with Crippen LogP contribution in [0.4, 0.5) is 0 Å². The average Bonchev–Trinajstić information content (AvgIpc) is 3.50. The van der Waals surface area contributed by atoms with E-state index in [4.69, 9.17) is 37.4 Å². The predicted octanol–water partition coefficient (Wildman–Crippen LogP) is 5.18. The third-order valence-corrected chi connectivity index (χ3v) is 9.61. The van der Waals surface area contributed by atoms with Crippen molar-refractivity contribution in [3.63, 3.8) is 0 Å². The number of sulfonamides is 1. The molecule has 4 rings (SSSR count). The van der Waals surface area contributed by atoms with E-state index in [1.807, 2.05) is 31.2 Å². The highest BCUT2D eigenvalue weighted by atomic mass is 35.5. The van der Waals surface area contributed by atoms with Crippen molar-refractivity contribution in [2.45, 2.75) is 49.8 Å². The standard InChI is InChI=1S/C31H34Cl2N2O8S/c1-4-43-18-20-13-27(41-2)29(28(14-20)42-3)21-9-7-19(8-10-21)12-25(31(37)38)34-30(36)26-6-5-11-35(26)44(39,40)24-16-22(32)15-23(33)17-24/h7-10,13-17,25-26H,4-6,11-12,18H2,1-3H3,(H,34,36)(H,37,38). The molecule has 0 aromatic heterocycles. The van der Waals surface area contributed by atoms with Crippen LogP contribution in [0.3, 0.4) is 0 Å². The molecule has 0 spiro atoms. The van der Waals surface area contributed by atoms with Gasteiger partial charge in [0.1, 0.15) is 23.6 Å². The monoisotopic (exact) mass is 664 g/mol. The van der Waals surface area contributed by atoms with Crippen LogP contribution >= 0.6 is 23.2 Å². The van der Waals surface area contributed by atoms with Gasteiger partial charge in [-0.1, -0.05) is 47.5 Å². The van der Waals surface area contributed by atoms with Crippen LogP contribution in [0.2, 0.25) is 10.0 Å². The first-order valence-electron chi connectivity index (χ1n) is 13.9. The summed E-state index contributed by atoms with van der Waals surface area (Å²) in [6, 6.07) is 12.5. The van der Waals surface area contributed by atoms with Gasteiger partial charge in [0.2, 0.25) is 15.9 Å². The Labute approximate surface area is 266 Å². The SMILES string of the molecule is CCOCc1cc(OC)c(-c2ccc(CC(NC(=O)C3CCCN3S(=O)(=O)c3cc(Cl)cc(Cl)c3)C(=O)O)cc2)c(OC)c1. The minimum Gasteiger partial charge on any atom is -0.496 e. The van der Waals surface area contributed by atoms with Gasteiger partial charge in [-0.3, -0.25) is 4.79 Å². The van der Waals surface area contributed by atoms with E-state index in [2.05, 4.69) is 5.32 Å². The largest absolute Gasteiger partial charge is 0.496 e. The zero-order valence-corrected chi connectivity index (χ0v) is 26.8. The summed E-state index contributed by atoms with van der Waals surface area (Å²) in [6.45, 7) is 2.99. The van der Waals surface area contributed by atoms with Crippen LogP contribution in [0, 0.1) is 0 Å². The van der Waals surface area contributed by atoms with Crippen molar-refractivity contribution >= 4 is 45.1 Å². The molecular formula is C31H34Cl2N2O8S. The summed E-state index contributed by atoms with van der Waals surface area (Å²) in [6.07, 6.45) is 0.657. The summed E-state index contributed by atoms with van der Waals surface area (Å²) in [5.74, 6) is -0.744. The van der Waals surface area contributed by atoms with Crippen LogP contribution in [0.5, 0.6) is 11.5 Å². The molecule has 1 amide bonds. The molecule has 0 bridgehead atoms. The minimum absolute atomic E-state index is 0.0215. The molecule has 2 unspecified atom stereocenters. The topological polar surface area (TPSA) is 131 Å². The Bertz CT molecular complexity index is 1570. The third kappa shape index (κ3) is 7.65. The molecule has 2 atom stereocenters. The van der Waals surface area contributed by atoms with Crippen LogP contribution in [0.25, 0.3) is 11.1 Å². The van der Waals surface area contributed by atoms with Gasteiger partial charge in [0.25, 0.3) is 0 Å². The van der Waals surface area contributed by atoms with E-state index in [1.54, 1.807) is 26.4 Å². The van der Waals surface area contributed by atoms with E-state index in [9.17, 15) is 23.1 Å². The van der Waals surface area contributed by atoms with Crippen molar-refractivity contribution in [3.8, 4) is 22.6 Å². The molecule has 1 aliphatic heterocycles. The summed E-state index contributed by atoms with van der Waals surface area (Å²) in [5.41, 5.74) is 3.06. The molecule has 236 valence electrons. The minimum atomic E-state index is -4.11. The Kier molecular flexibility index (Phi) is 11.1. The summed E-state index contributed by atoms with van der Waals surface area (Å²) < 4.78 is 44.6. The van der Waals surface area contributed by atoms with Crippen LogP contribution in [0.1, 0.15) is 30.9 Å². The Morgan fingerprint density at radius 1 is 1.00 bits per heavy atom. The number of benzene rings is 3. The molecule has 0 radical (unpaired) electrons. The lowest BCUT2D eigenvalue weighted by molar-refractivity contribution is -0.142. The Hall–Kier alpha value is -3.35. The lowest BCUT2D eigenvalue weighted by atomic mass is 9.98. The van der Waals surface area contributed by atoms with Crippen molar-refractivity contribution < 1.29 is 37.3 Å². The number of amides is 1. The first-order valence-corrected chi connectivity index (χ1v) is 16.1. The van der Waals surface area contributed by atoms with Crippen molar-refractivity contribution in [2.75, 3.05) is 27.4 Å².